The molecule has 22 heavy (non-hydrogen) atoms. The summed E-state index contributed by atoms with van der Waals surface area (Å²) in [4.78, 5) is 12.4. The van der Waals surface area contributed by atoms with Gasteiger partial charge < -0.3 is 20.1 Å². The first-order valence-corrected chi connectivity index (χ1v) is 7.46. The Balaban J connectivity index is 0.00000176. The number of fused-ring (bicyclic) bond motifs is 1. The van der Waals surface area contributed by atoms with E-state index < -0.39 is 6.10 Å². The molecule has 122 valence electrons. The van der Waals surface area contributed by atoms with Gasteiger partial charge in [-0.05, 0) is 19.9 Å². The molecule has 6 heteroatoms. The fraction of sp³-hybridized carbons (Fsp3) is 0.562. The Morgan fingerprint density at radius 1 is 1.36 bits per heavy atom. The fourth-order valence-corrected chi connectivity index (χ4v) is 2.93. The van der Waals surface area contributed by atoms with Gasteiger partial charge in [-0.3, -0.25) is 4.79 Å². The van der Waals surface area contributed by atoms with Crippen LogP contribution in [0.25, 0.3) is 0 Å². The van der Waals surface area contributed by atoms with Gasteiger partial charge in [0.25, 0.3) is 5.91 Å². The van der Waals surface area contributed by atoms with Crippen molar-refractivity contribution < 1.29 is 14.3 Å². The van der Waals surface area contributed by atoms with Gasteiger partial charge in [-0.25, -0.2) is 0 Å². The van der Waals surface area contributed by atoms with Crippen LogP contribution in [-0.2, 0) is 9.53 Å². The van der Waals surface area contributed by atoms with Crippen molar-refractivity contribution >= 4 is 18.3 Å². The first kappa shape index (κ1) is 17.1. The molecule has 2 aliphatic heterocycles. The molecule has 2 heterocycles. The van der Waals surface area contributed by atoms with Gasteiger partial charge >= 0.3 is 0 Å². The fourth-order valence-electron chi connectivity index (χ4n) is 2.93. The number of hydrogen-bond acceptors (Lipinski definition) is 4. The lowest BCUT2D eigenvalue weighted by Crippen LogP contribution is -2.50. The molecule has 0 saturated carbocycles. The predicted molar refractivity (Wildman–Crippen MR) is 86.5 cm³/mol. The van der Waals surface area contributed by atoms with Crippen LogP contribution < -0.4 is 15.4 Å². The van der Waals surface area contributed by atoms with Crippen LogP contribution in [0.1, 0.15) is 31.9 Å². The Bertz CT molecular complexity index is 530. The molecule has 0 bridgehead atoms. The van der Waals surface area contributed by atoms with Crippen LogP contribution in [0.15, 0.2) is 24.3 Å². The standard InChI is InChI=1S/C16H22N2O3.ClH/c1-16(2)9-12(11-5-3-4-6-13(11)21-16)18-15(19)14-10-17-7-8-20-14;/h3-6,12,14,17H,7-10H2,1-2H3,(H,18,19);1H. The second-order valence-electron chi connectivity index (χ2n) is 6.23. The molecule has 5 nitrogen and oxygen atoms in total. The van der Waals surface area contributed by atoms with Crippen LogP contribution in [0.5, 0.6) is 5.75 Å². The average Bonchev–Trinajstić information content (AvgIpc) is 2.47. The maximum atomic E-state index is 12.4. The van der Waals surface area contributed by atoms with Crippen molar-refractivity contribution in [3.8, 4) is 5.75 Å². The molecule has 0 aromatic heterocycles. The molecule has 1 amide bonds. The minimum absolute atomic E-state index is 0. The van der Waals surface area contributed by atoms with Gasteiger partial charge in [-0.2, -0.15) is 0 Å². The zero-order chi connectivity index (χ0) is 14.9. The summed E-state index contributed by atoms with van der Waals surface area (Å²) < 4.78 is 11.5. The van der Waals surface area contributed by atoms with Crippen molar-refractivity contribution in [2.75, 3.05) is 19.7 Å². The molecule has 2 aliphatic rings. The monoisotopic (exact) mass is 326 g/mol. The van der Waals surface area contributed by atoms with E-state index in [0.717, 1.165) is 24.3 Å². The van der Waals surface area contributed by atoms with E-state index in [4.69, 9.17) is 9.47 Å². The van der Waals surface area contributed by atoms with Crippen molar-refractivity contribution in [1.29, 1.82) is 0 Å². The molecule has 1 saturated heterocycles. The number of carbonyl (C=O) groups excluding carboxylic acids is 1. The Labute approximate surface area is 137 Å². The number of halogens is 1. The van der Waals surface area contributed by atoms with Crippen molar-refractivity contribution in [2.45, 2.75) is 38.0 Å². The van der Waals surface area contributed by atoms with Crippen LogP contribution in [0, 0.1) is 0 Å². The molecule has 1 fully saturated rings. The highest BCUT2D eigenvalue weighted by Gasteiger charge is 2.35. The maximum absolute atomic E-state index is 12.4. The molecule has 1 aromatic carbocycles. The van der Waals surface area contributed by atoms with E-state index in [9.17, 15) is 4.79 Å². The molecular weight excluding hydrogens is 304 g/mol. The van der Waals surface area contributed by atoms with Gasteiger partial charge in [0.2, 0.25) is 0 Å². The number of hydrogen-bond donors (Lipinski definition) is 2. The lowest BCUT2D eigenvalue weighted by atomic mass is 9.89. The minimum Gasteiger partial charge on any atom is -0.487 e. The van der Waals surface area contributed by atoms with Gasteiger partial charge in [0.1, 0.15) is 17.5 Å². The molecule has 2 unspecified atom stereocenters. The zero-order valence-corrected chi connectivity index (χ0v) is 13.7. The number of nitrogens with one attached hydrogen (secondary N) is 2. The predicted octanol–water partition coefficient (Wildman–Crippen LogP) is 1.82. The smallest absolute Gasteiger partial charge is 0.250 e. The Hall–Kier alpha value is -1.30. The van der Waals surface area contributed by atoms with E-state index in [1.807, 2.05) is 38.1 Å². The quantitative estimate of drug-likeness (QED) is 0.870. The van der Waals surface area contributed by atoms with Crippen LogP contribution in [0.2, 0.25) is 0 Å². The summed E-state index contributed by atoms with van der Waals surface area (Å²) in [6.45, 7) is 6.03. The van der Waals surface area contributed by atoms with E-state index in [-0.39, 0.29) is 30.0 Å². The topological polar surface area (TPSA) is 59.6 Å². The molecule has 1 aromatic rings. The highest BCUT2D eigenvalue weighted by molar-refractivity contribution is 5.85. The summed E-state index contributed by atoms with van der Waals surface area (Å²) in [5.41, 5.74) is 0.742. The third kappa shape index (κ3) is 3.72. The largest absolute Gasteiger partial charge is 0.487 e. The van der Waals surface area contributed by atoms with E-state index in [2.05, 4.69) is 10.6 Å². The molecule has 0 radical (unpaired) electrons. The number of benzene rings is 1. The first-order valence-electron chi connectivity index (χ1n) is 7.46. The molecule has 3 rings (SSSR count). The maximum Gasteiger partial charge on any atom is 0.250 e. The molecular formula is C16H23ClN2O3. The molecule has 2 N–H and O–H groups in total. The normalized spacial score (nSPS) is 26.1. The van der Waals surface area contributed by atoms with Crippen molar-refractivity contribution in [3.05, 3.63) is 29.8 Å². The summed E-state index contributed by atoms with van der Waals surface area (Å²) in [5, 5.41) is 6.29. The average molecular weight is 327 g/mol. The third-order valence-electron chi connectivity index (χ3n) is 3.91. The zero-order valence-electron chi connectivity index (χ0n) is 12.9. The number of morpholine rings is 1. The van der Waals surface area contributed by atoms with Crippen molar-refractivity contribution in [3.63, 3.8) is 0 Å². The SMILES string of the molecule is CC1(C)CC(NC(=O)C2CNCCO2)c2ccccc2O1.Cl. The van der Waals surface area contributed by atoms with Gasteiger partial charge in [-0.1, -0.05) is 18.2 Å². The Morgan fingerprint density at radius 3 is 2.86 bits per heavy atom. The van der Waals surface area contributed by atoms with Gasteiger partial charge in [0.15, 0.2) is 0 Å². The number of para-hydroxylation sites is 1. The Morgan fingerprint density at radius 2 is 2.14 bits per heavy atom. The van der Waals surface area contributed by atoms with Crippen LogP contribution in [-0.4, -0.2) is 37.3 Å². The molecule has 0 aliphatic carbocycles. The number of ether oxygens (including phenoxy) is 2. The van der Waals surface area contributed by atoms with E-state index in [0.29, 0.717) is 13.2 Å². The third-order valence-corrected chi connectivity index (χ3v) is 3.91. The van der Waals surface area contributed by atoms with Crippen molar-refractivity contribution in [1.82, 2.24) is 10.6 Å². The highest BCUT2D eigenvalue weighted by atomic mass is 35.5. The highest BCUT2D eigenvalue weighted by Crippen LogP contribution is 2.39. The van der Waals surface area contributed by atoms with Crippen LogP contribution in [0.3, 0.4) is 0 Å². The van der Waals surface area contributed by atoms with Gasteiger partial charge in [0, 0.05) is 25.1 Å². The summed E-state index contributed by atoms with van der Waals surface area (Å²) in [6.07, 6.45) is 0.340. The summed E-state index contributed by atoms with van der Waals surface area (Å²) in [5.74, 6) is 0.793. The Kier molecular flexibility index (Phi) is 5.32. The minimum atomic E-state index is -0.406. The van der Waals surface area contributed by atoms with Gasteiger partial charge in [-0.15, -0.1) is 12.4 Å². The second kappa shape index (κ2) is 6.86. The number of carbonyl (C=O) groups is 1. The second-order valence-corrected chi connectivity index (χ2v) is 6.23. The first-order chi connectivity index (χ1) is 10.1. The molecule has 0 spiro atoms. The lowest BCUT2D eigenvalue weighted by molar-refractivity contribution is -0.135. The summed E-state index contributed by atoms with van der Waals surface area (Å²) >= 11 is 0. The van der Waals surface area contributed by atoms with E-state index in [1.165, 1.54) is 0 Å². The number of amides is 1. The lowest BCUT2D eigenvalue weighted by Gasteiger charge is -2.38. The van der Waals surface area contributed by atoms with Gasteiger partial charge in [0.05, 0.1) is 12.6 Å². The number of rotatable bonds is 2. The van der Waals surface area contributed by atoms with Crippen molar-refractivity contribution in [2.24, 2.45) is 0 Å². The van der Waals surface area contributed by atoms with Crippen LogP contribution in [0.4, 0.5) is 0 Å². The van der Waals surface area contributed by atoms with Crippen LogP contribution >= 0.6 is 12.4 Å². The van der Waals surface area contributed by atoms with E-state index in [1.54, 1.807) is 0 Å². The van der Waals surface area contributed by atoms with E-state index >= 15 is 0 Å². The summed E-state index contributed by atoms with van der Waals surface area (Å²) in [6, 6.07) is 7.85. The summed E-state index contributed by atoms with van der Waals surface area (Å²) in [7, 11) is 0. The molecule has 2 atom stereocenters.